The fraction of sp³-hybridized carbons (Fsp3) is 0.250. The summed E-state index contributed by atoms with van der Waals surface area (Å²) in [5.41, 5.74) is 0.374. The first-order valence-electron chi connectivity index (χ1n) is 5.72. The molecule has 0 saturated heterocycles. The highest BCUT2D eigenvalue weighted by atomic mass is 79.9. The molecule has 2 aromatic rings. The van der Waals surface area contributed by atoms with Gasteiger partial charge < -0.3 is 9.88 Å². The Balaban J connectivity index is 1.82. The highest BCUT2D eigenvalue weighted by Crippen LogP contribution is 2.17. The molecule has 0 aliphatic heterocycles. The van der Waals surface area contributed by atoms with Gasteiger partial charge in [0.05, 0.1) is 11.9 Å². The first kappa shape index (κ1) is 14.0. The number of nitrogens with zero attached hydrogens (tertiary/aromatic N) is 3. The van der Waals surface area contributed by atoms with Crippen molar-refractivity contribution in [3.63, 3.8) is 0 Å². The number of carbonyl (C=O) groups excluding carboxylic acids is 1. The number of hydrogen-bond donors (Lipinski definition) is 1. The predicted molar refractivity (Wildman–Crippen MR) is 76.1 cm³/mol. The minimum atomic E-state index is -0.218. The van der Waals surface area contributed by atoms with Crippen LogP contribution in [-0.2, 0) is 6.54 Å². The molecule has 0 radical (unpaired) electrons. The monoisotopic (exact) mass is 342 g/mol. The van der Waals surface area contributed by atoms with Crippen molar-refractivity contribution in [1.82, 2.24) is 19.9 Å². The number of hydrogen-bond acceptors (Lipinski definition) is 3. The smallest absolute Gasteiger partial charge is 0.254 e. The highest BCUT2D eigenvalue weighted by Gasteiger charge is 2.11. The third kappa shape index (κ3) is 4.04. The molecule has 0 atom stereocenters. The molecule has 0 spiro atoms. The van der Waals surface area contributed by atoms with E-state index >= 15 is 0 Å². The van der Waals surface area contributed by atoms with Gasteiger partial charge in [0.1, 0.15) is 5.15 Å². The van der Waals surface area contributed by atoms with Crippen molar-refractivity contribution >= 4 is 33.4 Å². The molecule has 1 N–H and O–H groups in total. The Kier molecular flexibility index (Phi) is 4.93. The van der Waals surface area contributed by atoms with E-state index in [1.54, 1.807) is 24.8 Å². The summed E-state index contributed by atoms with van der Waals surface area (Å²) in [6.45, 7) is 1.38. The van der Waals surface area contributed by atoms with Crippen LogP contribution in [0.3, 0.4) is 0 Å². The summed E-state index contributed by atoms with van der Waals surface area (Å²) >= 11 is 9.14. The van der Waals surface area contributed by atoms with Crippen LogP contribution in [0.25, 0.3) is 0 Å². The molecule has 5 nitrogen and oxygen atoms in total. The molecule has 2 rings (SSSR count). The standard InChI is InChI=1S/C12H12BrClN4O/c13-9-6-10(11(14)17-7-9)12(19)16-2-1-4-18-5-3-15-8-18/h3,5-8H,1-2,4H2,(H,16,19). The molecule has 0 fully saturated rings. The van der Waals surface area contributed by atoms with E-state index in [1.165, 1.54) is 0 Å². The molecule has 2 aromatic heterocycles. The van der Waals surface area contributed by atoms with E-state index in [0.29, 0.717) is 12.1 Å². The average molecular weight is 344 g/mol. The topological polar surface area (TPSA) is 59.8 Å². The van der Waals surface area contributed by atoms with Gasteiger partial charge in [-0.1, -0.05) is 11.6 Å². The third-order valence-corrected chi connectivity index (χ3v) is 3.22. The van der Waals surface area contributed by atoms with E-state index < -0.39 is 0 Å². The third-order valence-electron chi connectivity index (χ3n) is 2.49. The van der Waals surface area contributed by atoms with Crippen LogP contribution in [0.15, 0.2) is 35.5 Å². The summed E-state index contributed by atoms with van der Waals surface area (Å²) in [6.07, 6.45) is 7.73. The van der Waals surface area contributed by atoms with Crippen molar-refractivity contribution in [1.29, 1.82) is 0 Å². The molecule has 0 aromatic carbocycles. The van der Waals surface area contributed by atoms with Crippen molar-refractivity contribution in [3.05, 3.63) is 46.2 Å². The largest absolute Gasteiger partial charge is 0.352 e. The molecule has 0 unspecified atom stereocenters. The second-order valence-corrected chi connectivity index (χ2v) is 5.18. The van der Waals surface area contributed by atoms with E-state index in [2.05, 4.69) is 31.2 Å². The maximum atomic E-state index is 11.9. The van der Waals surface area contributed by atoms with Gasteiger partial charge in [-0.25, -0.2) is 9.97 Å². The number of pyridine rings is 1. The Morgan fingerprint density at radius 2 is 2.37 bits per heavy atom. The maximum Gasteiger partial charge on any atom is 0.254 e. The van der Waals surface area contributed by atoms with E-state index in [9.17, 15) is 4.79 Å². The van der Waals surface area contributed by atoms with Gasteiger partial charge in [0.15, 0.2) is 0 Å². The molecule has 0 aliphatic rings. The normalized spacial score (nSPS) is 10.4. The van der Waals surface area contributed by atoms with E-state index in [4.69, 9.17) is 11.6 Å². The highest BCUT2D eigenvalue weighted by molar-refractivity contribution is 9.10. The molecule has 0 aliphatic carbocycles. The van der Waals surface area contributed by atoms with Gasteiger partial charge in [0.25, 0.3) is 5.91 Å². The minimum absolute atomic E-state index is 0.204. The number of amides is 1. The van der Waals surface area contributed by atoms with Crippen molar-refractivity contribution < 1.29 is 4.79 Å². The lowest BCUT2D eigenvalue weighted by molar-refractivity contribution is 0.0952. The number of imidazole rings is 1. The van der Waals surface area contributed by atoms with Crippen LogP contribution in [0, 0.1) is 0 Å². The minimum Gasteiger partial charge on any atom is -0.352 e. The van der Waals surface area contributed by atoms with Gasteiger partial charge in [0.2, 0.25) is 0 Å². The van der Waals surface area contributed by atoms with Crippen molar-refractivity contribution in [2.75, 3.05) is 6.54 Å². The first-order valence-corrected chi connectivity index (χ1v) is 6.89. The van der Waals surface area contributed by atoms with Gasteiger partial charge in [-0.3, -0.25) is 4.79 Å². The Morgan fingerprint density at radius 1 is 1.53 bits per heavy atom. The second-order valence-electron chi connectivity index (χ2n) is 3.90. The Hall–Kier alpha value is -1.40. The maximum absolute atomic E-state index is 11.9. The average Bonchev–Trinajstić information content (AvgIpc) is 2.90. The van der Waals surface area contributed by atoms with Crippen LogP contribution < -0.4 is 5.32 Å². The zero-order chi connectivity index (χ0) is 13.7. The quantitative estimate of drug-likeness (QED) is 0.670. The first-order chi connectivity index (χ1) is 9.16. The summed E-state index contributed by atoms with van der Waals surface area (Å²) in [4.78, 5) is 19.8. The summed E-state index contributed by atoms with van der Waals surface area (Å²) in [5, 5.41) is 3.02. The molecule has 0 bridgehead atoms. The fourth-order valence-electron chi connectivity index (χ4n) is 1.56. The number of aryl methyl sites for hydroxylation is 1. The summed E-state index contributed by atoms with van der Waals surface area (Å²) in [7, 11) is 0. The van der Waals surface area contributed by atoms with Crippen LogP contribution >= 0.6 is 27.5 Å². The molecule has 1 amide bonds. The van der Waals surface area contributed by atoms with Gasteiger partial charge in [-0.15, -0.1) is 0 Å². The summed E-state index contributed by atoms with van der Waals surface area (Å²) in [6, 6.07) is 1.65. The Morgan fingerprint density at radius 3 is 3.11 bits per heavy atom. The van der Waals surface area contributed by atoms with E-state index in [-0.39, 0.29) is 11.1 Å². The lowest BCUT2D eigenvalue weighted by atomic mass is 10.2. The van der Waals surface area contributed by atoms with E-state index in [0.717, 1.165) is 17.4 Å². The second kappa shape index (κ2) is 6.68. The fourth-order valence-corrected chi connectivity index (χ4v) is 2.08. The lowest BCUT2D eigenvalue weighted by Crippen LogP contribution is -2.25. The summed E-state index contributed by atoms with van der Waals surface area (Å²) < 4.78 is 2.68. The van der Waals surface area contributed by atoms with Crippen molar-refractivity contribution in [2.45, 2.75) is 13.0 Å². The molecule has 100 valence electrons. The number of carbonyl (C=O) groups is 1. The number of aromatic nitrogens is 3. The van der Waals surface area contributed by atoms with Crippen LogP contribution in [0.2, 0.25) is 5.15 Å². The van der Waals surface area contributed by atoms with Crippen LogP contribution in [0.5, 0.6) is 0 Å². The Bertz CT molecular complexity index is 559. The SMILES string of the molecule is O=C(NCCCn1ccnc1)c1cc(Br)cnc1Cl. The molecule has 7 heteroatoms. The predicted octanol–water partition coefficient (Wildman–Crippen LogP) is 2.51. The van der Waals surface area contributed by atoms with Gasteiger partial charge in [-0.2, -0.15) is 0 Å². The van der Waals surface area contributed by atoms with Gasteiger partial charge >= 0.3 is 0 Å². The summed E-state index contributed by atoms with van der Waals surface area (Å²) in [5.74, 6) is -0.218. The van der Waals surface area contributed by atoms with Crippen LogP contribution in [-0.4, -0.2) is 27.0 Å². The zero-order valence-corrected chi connectivity index (χ0v) is 12.4. The molecular weight excluding hydrogens is 332 g/mol. The number of halogens is 2. The molecular formula is C12H12BrClN4O. The molecule has 0 saturated carbocycles. The lowest BCUT2D eigenvalue weighted by Gasteiger charge is -2.07. The van der Waals surface area contributed by atoms with E-state index in [1.807, 2.05) is 10.8 Å². The Labute approximate surface area is 124 Å². The van der Waals surface area contributed by atoms with Gasteiger partial charge in [0, 0.05) is 36.2 Å². The molecule has 2 heterocycles. The van der Waals surface area contributed by atoms with Crippen molar-refractivity contribution in [2.24, 2.45) is 0 Å². The molecule has 19 heavy (non-hydrogen) atoms. The van der Waals surface area contributed by atoms with Crippen LogP contribution in [0.1, 0.15) is 16.8 Å². The van der Waals surface area contributed by atoms with Crippen LogP contribution in [0.4, 0.5) is 0 Å². The van der Waals surface area contributed by atoms with Gasteiger partial charge in [-0.05, 0) is 28.4 Å². The van der Waals surface area contributed by atoms with Crippen molar-refractivity contribution in [3.8, 4) is 0 Å². The zero-order valence-electron chi connectivity index (χ0n) is 10.0. The number of nitrogens with one attached hydrogen (secondary N) is 1. The number of rotatable bonds is 5.